The van der Waals surface area contributed by atoms with Crippen LogP contribution < -0.4 is 9.33 Å². The van der Waals surface area contributed by atoms with Gasteiger partial charge in [-0.2, -0.15) is 4.59 Å². The fourth-order valence-corrected chi connectivity index (χ4v) is 5.12. The molecular weight excluding hydrogens is 342 g/mol. The summed E-state index contributed by atoms with van der Waals surface area (Å²) in [5.74, 6) is -0.114. The van der Waals surface area contributed by atoms with Gasteiger partial charge in [0.05, 0.1) is 24.1 Å². The van der Waals surface area contributed by atoms with Crippen LogP contribution in [0.15, 0.2) is 35.6 Å². The van der Waals surface area contributed by atoms with Crippen molar-refractivity contribution in [1.82, 2.24) is 9.58 Å². The Morgan fingerprint density at radius 3 is 3.00 bits per heavy atom. The summed E-state index contributed by atoms with van der Waals surface area (Å²) in [4.78, 5) is 15.9. The number of carboxylic acids is 1. The van der Waals surface area contributed by atoms with Crippen molar-refractivity contribution in [1.29, 1.82) is 0 Å². The highest BCUT2D eigenvalue weighted by Gasteiger charge is 2.55. The molecule has 6 heteroatoms. The Hall–Kier alpha value is -2.73. The molecule has 4 aliphatic heterocycles. The van der Waals surface area contributed by atoms with E-state index in [4.69, 9.17) is 9.84 Å². The number of aromatic nitrogens is 1. The Morgan fingerprint density at radius 2 is 2.22 bits per heavy atom. The van der Waals surface area contributed by atoms with Gasteiger partial charge in [0.15, 0.2) is 5.69 Å². The van der Waals surface area contributed by atoms with Crippen LogP contribution in [-0.4, -0.2) is 34.4 Å². The van der Waals surface area contributed by atoms with E-state index >= 15 is 0 Å². The first-order valence-corrected chi connectivity index (χ1v) is 9.43. The van der Waals surface area contributed by atoms with Crippen LogP contribution in [0.5, 0.6) is 5.88 Å². The zero-order valence-electron chi connectivity index (χ0n) is 15.4. The summed E-state index contributed by atoms with van der Waals surface area (Å²) in [5, 5.41) is 14.4. The highest BCUT2D eigenvalue weighted by Crippen LogP contribution is 2.53. The average Bonchev–Trinajstić information content (AvgIpc) is 2.81. The monoisotopic (exact) mass is 364 g/mol. The molecule has 0 radical (unpaired) electrons. The molecule has 0 saturated carbocycles. The third kappa shape index (κ3) is 2.13. The predicted octanol–water partition coefficient (Wildman–Crippen LogP) is 3.42. The Kier molecular flexibility index (Phi) is 3.43. The molecule has 5 heterocycles. The number of aliphatic carboxylic acids is 1. The standard InChI is InChI=1S/C21H21N3O3/c1-12(2)24-17(5-6-19(25)26)20-15-4-3-7-22-21(15)27-11-14-9-18(24)13(10-23-24)8-16(14)20/h3-4,7-10,12,17,20H,5-6,11H2,1-2H3/p+1. The van der Waals surface area contributed by atoms with Crippen LogP contribution in [0.3, 0.4) is 0 Å². The number of rotatable bonds is 4. The van der Waals surface area contributed by atoms with Crippen LogP contribution >= 0.6 is 0 Å². The summed E-state index contributed by atoms with van der Waals surface area (Å²) >= 11 is 0. The fourth-order valence-electron chi connectivity index (χ4n) is 5.12. The third-order valence-corrected chi connectivity index (χ3v) is 6.23. The summed E-state index contributed by atoms with van der Waals surface area (Å²) in [7, 11) is 0. The Balaban J connectivity index is 1.80. The molecule has 27 heavy (non-hydrogen) atoms. The number of benzene rings is 1. The second-order valence-corrected chi connectivity index (χ2v) is 7.85. The third-order valence-electron chi connectivity index (χ3n) is 6.23. The van der Waals surface area contributed by atoms with Gasteiger partial charge in [-0.1, -0.05) is 11.2 Å². The van der Waals surface area contributed by atoms with E-state index in [0.29, 0.717) is 23.5 Å². The minimum absolute atomic E-state index is 0.0108. The van der Waals surface area contributed by atoms with Gasteiger partial charge in [0, 0.05) is 24.2 Å². The second kappa shape index (κ2) is 5.63. The average molecular weight is 364 g/mol. The van der Waals surface area contributed by atoms with Crippen molar-refractivity contribution >= 4 is 17.9 Å². The van der Waals surface area contributed by atoms with Crippen molar-refractivity contribution < 1.29 is 14.6 Å². The molecule has 0 spiro atoms. The highest BCUT2D eigenvalue weighted by molar-refractivity contribution is 5.93. The molecule has 0 fully saturated rings. The van der Waals surface area contributed by atoms with E-state index in [1.54, 1.807) is 6.20 Å². The second-order valence-electron chi connectivity index (χ2n) is 7.85. The van der Waals surface area contributed by atoms with Crippen LogP contribution in [0.25, 0.3) is 0 Å². The molecular formula is C21H22N3O3+. The van der Waals surface area contributed by atoms with E-state index < -0.39 is 5.97 Å². The van der Waals surface area contributed by atoms with E-state index in [0.717, 1.165) is 22.4 Å². The van der Waals surface area contributed by atoms with Crippen LogP contribution in [0, 0.1) is 0 Å². The van der Waals surface area contributed by atoms with Crippen LogP contribution in [0.4, 0.5) is 5.69 Å². The maximum Gasteiger partial charge on any atom is 0.303 e. The lowest BCUT2D eigenvalue weighted by molar-refractivity contribution is -0.137. The highest BCUT2D eigenvalue weighted by atomic mass is 16.5. The van der Waals surface area contributed by atoms with Gasteiger partial charge in [-0.15, -0.1) is 0 Å². The van der Waals surface area contributed by atoms with E-state index in [-0.39, 0.29) is 24.4 Å². The number of carboxylic acid groups (broad SMARTS) is 1. The maximum atomic E-state index is 11.5. The molecule has 1 aromatic carbocycles. The molecule has 4 aliphatic rings. The minimum atomic E-state index is -0.774. The largest absolute Gasteiger partial charge is 0.481 e. The molecule has 1 N–H and O–H groups in total. The first-order valence-electron chi connectivity index (χ1n) is 9.43. The number of quaternary nitrogens is 1. The minimum Gasteiger partial charge on any atom is -0.481 e. The van der Waals surface area contributed by atoms with Gasteiger partial charge in [-0.3, -0.25) is 4.79 Å². The lowest BCUT2D eigenvalue weighted by Gasteiger charge is -2.42. The molecule has 6 rings (SSSR count). The van der Waals surface area contributed by atoms with Crippen LogP contribution in [0.2, 0.25) is 0 Å². The van der Waals surface area contributed by atoms with Crippen molar-refractivity contribution in [2.45, 2.75) is 51.3 Å². The van der Waals surface area contributed by atoms with Crippen LogP contribution in [0.1, 0.15) is 54.9 Å². The van der Waals surface area contributed by atoms with Gasteiger partial charge in [-0.05, 0) is 37.1 Å². The molecule has 6 nitrogen and oxygen atoms in total. The van der Waals surface area contributed by atoms with Crippen LogP contribution in [-0.2, 0) is 11.4 Å². The van der Waals surface area contributed by atoms with Gasteiger partial charge in [0.2, 0.25) is 5.88 Å². The quantitative estimate of drug-likeness (QED) is 0.844. The van der Waals surface area contributed by atoms with Crippen molar-refractivity contribution in [3.05, 3.63) is 52.7 Å². The number of hydrogen-bond acceptors (Lipinski definition) is 4. The van der Waals surface area contributed by atoms with E-state index in [9.17, 15) is 9.90 Å². The van der Waals surface area contributed by atoms with Gasteiger partial charge >= 0.3 is 5.97 Å². The van der Waals surface area contributed by atoms with Crippen molar-refractivity contribution in [3.8, 4) is 5.88 Å². The molecule has 2 aromatic rings. The fraction of sp³-hybridized carbons (Fsp3) is 0.381. The molecule has 3 unspecified atom stereocenters. The number of nitrogens with zero attached hydrogens (tertiary/aromatic N) is 3. The zero-order chi connectivity index (χ0) is 18.8. The number of carbonyl (C=O) groups is 1. The lowest BCUT2D eigenvalue weighted by atomic mass is 9.81. The molecule has 0 aliphatic carbocycles. The first-order chi connectivity index (χ1) is 13.0. The predicted molar refractivity (Wildman–Crippen MR) is 102 cm³/mol. The van der Waals surface area contributed by atoms with Gasteiger partial charge < -0.3 is 9.84 Å². The summed E-state index contributed by atoms with van der Waals surface area (Å²) in [6.07, 6.45) is 4.36. The first kappa shape index (κ1) is 16.4. The molecule has 138 valence electrons. The molecule has 0 amide bonds. The molecule has 3 atom stereocenters. The smallest absolute Gasteiger partial charge is 0.303 e. The summed E-state index contributed by atoms with van der Waals surface area (Å²) in [6, 6.07) is 8.62. The normalized spacial score (nSPS) is 26.5. The van der Waals surface area contributed by atoms with E-state index in [1.165, 1.54) is 5.56 Å². The maximum absolute atomic E-state index is 11.5. The Bertz CT molecular complexity index is 985. The van der Waals surface area contributed by atoms with E-state index in [2.05, 4.69) is 37.0 Å². The van der Waals surface area contributed by atoms with Crippen molar-refractivity contribution in [2.24, 2.45) is 5.10 Å². The Morgan fingerprint density at radius 1 is 1.37 bits per heavy atom. The van der Waals surface area contributed by atoms with Gasteiger partial charge in [-0.25, -0.2) is 4.98 Å². The number of hydrogen-bond donors (Lipinski definition) is 1. The molecule has 1 aromatic heterocycles. The van der Waals surface area contributed by atoms with Crippen molar-refractivity contribution in [3.63, 3.8) is 0 Å². The number of ether oxygens (including phenoxy) is 1. The van der Waals surface area contributed by atoms with Gasteiger partial charge in [0.25, 0.3) is 0 Å². The number of pyridine rings is 1. The lowest BCUT2D eigenvalue weighted by Crippen LogP contribution is -2.58. The number of fused-ring (bicyclic) bond motifs is 1. The molecule has 0 saturated heterocycles. The molecule has 6 bridgehead atoms. The SMILES string of the molecule is CC(C)[N+]12N=Cc3cc4c(cc31)COc1ncccc1C4C2CCC(=O)O. The topological polar surface area (TPSA) is 71.8 Å². The summed E-state index contributed by atoms with van der Waals surface area (Å²) in [6.45, 7) is 4.82. The summed E-state index contributed by atoms with van der Waals surface area (Å²) in [5.41, 5.74) is 5.71. The Labute approximate surface area is 157 Å². The summed E-state index contributed by atoms with van der Waals surface area (Å²) < 4.78 is 6.47. The zero-order valence-corrected chi connectivity index (χ0v) is 15.4. The van der Waals surface area contributed by atoms with E-state index in [1.807, 2.05) is 12.3 Å². The van der Waals surface area contributed by atoms with Crippen molar-refractivity contribution in [2.75, 3.05) is 0 Å². The van der Waals surface area contributed by atoms with Gasteiger partial charge in [0.1, 0.15) is 18.7 Å².